The summed E-state index contributed by atoms with van der Waals surface area (Å²) in [7, 11) is 3.50. The Balaban J connectivity index is 0.00000392. The number of hydrogen-bond donors (Lipinski definition) is 2. The Labute approximate surface area is 187 Å². The van der Waals surface area contributed by atoms with Crippen molar-refractivity contribution in [3.63, 3.8) is 0 Å². The van der Waals surface area contributed by atoms with E-state index in [9.17, 15) is 4.79 Å². The third kappa shape index (κ3) is 8.34. The number of aliphatic imine (C=N–C) groups is 1. The van der Waals surface area contributed by atoms with E-state index in [1.165, 1.54) is 36.9 Å². The molecule has 1 heterocycles. The zero-order valence-corrected chi connectivity index (χ0v) is 20.0. The zero-order chi connectivity index (χ0) is 19.6. The van der Waals surface area contributed by atoms with E-state index < -0.39 is 0 Å². The number of nitrogens with one attached hydrogen (secondary N) is 2. The Bertz CT molecular complexity index is 618. The quantitative estimate of drug-likeness (QED) is 0.343. The van der Waals surface area contributed by atoms with Crippen LogP contribution in [-0.4, -0.2) is 61.4 Å². The zero-order valence-electron chi connectivity index (χ0n) is 17.7. The number of rotatable bonds is 7. The first-order valence-electron chi connectivity index (χ1n) is 10.0. The molecule has 1 aromatic carbocycles. The molecule has 6 nitrogen and oxygen atoms in total. The standard InChI is InChI=1S/C21H35N5O.HI/c1-5-22-21(24-15-20(27)25(3)4)23-14-18-9-11-19(12-10-18)16-26-13-7-6-8-17(26)2;/h9-12,17H,5-8,13-16H2,1-4H3,(H2,22,23,24);1H. The number of amides is 1. The van der Waals surface area contributed by atoms with E-state index in [2.05, 4.69) is 51.7 Å². The van der Waals surface area contributed by atoms with E-state index in [1.54, 1.807) is 19.0 Å². The van der Waals surface area contributed by atoms with Gasteiger partial charge in [0.25, 0.3) is 0 Å². The van der Waals surface area contributed by atoms with E-state index in [0.29, 0.717) is 18.5 Å². The SMILES string of the molecule is CCNC(=NCc1ccc(CN2CCCCC2C)cc1)NCC(=O)N(C)C.I. The lowest BCUT2D eigenvalue weighted by atomic mass is 10.0. The molecule has 0 radical (unpaired) electrons. The summed E-state index contributed by atoms with van der Waals surface area (Å²) >= 11 is 0. The van der Waals surface area contributed by atoms with Crippen LogP contribution in [0.1, 0.15) is 44.2 Å². The largest absolute Gasteiger partial charge is 0.357 e. The molecule has 1 atom stereocenters. The third-order valence-corrected chi connectivity index (χ3v) is 5.02. The maximum Gasteiger partial charge on any atom is 0.241 e. The predicted octanol–water partition coefficient (Wildman–Crippen LogP) is 2.82. The number of nitrogens with zero attached hydrogens (tertiary/aromatic N) is 3. The first kappa shape index (κ1) is 24.7. The van der Waals surface area contributed by atoms with Gasteiger partial charge in [0.1, 0.15) is 0 Å². The van der Waals surface area contributed by atoms with Crippen LogP contribution in [0.15, 0.2) is 29.3 Å². The molecule has 0 bridgehead atoms. The van der Waals surface area contributed by atoms with Crippen molar-refractivity contribution in [1.29, 1.82) is 0 Å². The van der Waals surface area contributed by atoms with Crippen LogP contribution >= 0.6 is 24.0 Å². The van der Waals surface area contributed by atoms with E-state index in [4.69, 9.17) is 0 Å². The Morgan fingerprint density at radius 1 is 1.18 bits per heavy atom. The lowest BCUT2D eigenvalue weighted by molar-refractivity contribution is -0.127. The lowest BCUT2D eigenvalue weighted by Gasteiger charge is -2.33. The molecule has 0 saturated carbocycles. The smallest absolute Gasteiger partial charge is 0.241 e. The maximum absolute atomic E-state index is 11.7. The van der Waals surface area contributed by atoms with Crippen molar-refractivity contribution in [3.8, 4) is 0 Å². The molecule has 7 heteroatoms. The molecule has 158 valence electrons. The van der Waals surface area contributed by atoms with Gasteiger partial charge < -0.3 is 15.5 Å². The van der Waals surface area contributed by atoms with Gasteiger partial charge in [-0.3, -0.25) is 9.69 Å². The molecule has 0 aliphatic carbocycles. The van der Waals surface area contributed by atoms with Crippen LogP contribution in [0.2, 0.25) is 0 Å². The summed E-state index contributed by atoms with van der Waals surface area (Å²) in [5.41, 5.74) is 2.53. The second-order valence-corrected chi connectivity index (χ2v) is 7.47. The summed E-state index contributed by atoms with van der Waals surface area (Å²) in [4.78, 5) is 20.5. The molecule has 1 aliphatic heterocycles. The highest BCUT2D eigenvalue weighted by atomic mass is 127. The van der Waals surface area contributed by atoms with Gasteiger partial charge in [-0.25, -0.2) is 4.99 Å². The minimum atomic E-state index is 0. The molecule has 1 saturated heterocycles. The van der Waals surface area contributed by atoms with Gasteiger partial charge in [0.2, 0.25) is 5.91 Å². The molecule has 1 fully saturated rings. The highest BCUT2D eigenvalue weighted by molar-refractivity contribution is 14.0. The molecular formula is C21H36IN5O. The summed E-state index contributed by atoms with van der Waals surface area (Å²) in [6, 6.07) is 9.41. The monoisotopic (exact) mass is 501 g/mol. The number of piperidine rings is 1. The number of halogens is 1. The fourth-order valence-corrected chi connectivity index (χ4v) is 3.21. The summed E-state index contributed by atoms with van der Waals surface area (Å²) in [6.07, 6.45) is 3.98. The van der Waals surface area contributed by atoms with E-state index in [1.807, 2.05) is 6.92 Å². The van der Waals surface area contributed by atoms with Crippen molar-refractivity contribution >= 4 is 35.8 Å². The van der Waals surface area contributed by atoms with E-state index in [-0.39, 0.29) is 36.4 Å². The van der Waals surface area contributed by atoms with Crippen LogP contribution in [0.4, 0.5) is 0 Å². The van der Waals surface area contributed by atoms with Crippen LogP contribution in [-0.2, 0) is 17.9 Å². The first-order chi connectivity index (χ1) is 13.0. The van der Waals surface area contributed by atoms with Crippen molar-refractivity contribution in [2.45, 2.75) is 52.2 Å². The Morgan fingerprint density at radius 2 is 1.86 bits per heavy atom. The molecule has 0 aromatic heterocycles. The van der Waals surface area contributed by atoms with Crippen molar-refractivity contribution in [2.24, 2.45) is 4.99 Å². The highest BCUT2D eigenvalue weighted by Gasteiger charge is 2.17. The Kier molecular flexibility index (Phi) is 11.4. The number of benzene rings is 1. The maximum atomic E-state index is 11.7. The van der Waals surface area contributed by atoms with Gasteiger partial charge in [0.05, 0.1) is 13.1 Å². The van der Waals surface area contributed by atoms with Gasteiger partial charge in [-0.2, -0.15) is 0 Å². The molecule has 0 spiro atoms. The number of carbonyl (C=O) groups excluding carboxylic acids is 1. The van der Waals surface area contributed by atoms with Gasteiger partial charge in [0.15, 0.2) is 5.96 Å². The van der Waals surface area contributed by atoms with E-state index in [0.717, 1.165) is 13.1 Å². The number of carbonyl (C=O) groups is 1. The summed E-state index contributed by atoms with van der Waals surface area (Å²) in [6.45, 7) is 8.17. The van der Waals surface area contributed by atoms with Gasteiger partial charge in [0, 0.05) is 33.2 Å². The van der Waals surface area contributed by atoms with Crippen LogP contribution in [0.3, 0.4) is 0 Å². The Morgan fingerprint density at radius 3 is 2.46 bits per heavy atom. The lowest BCUT2D eigenvalue weighted by Crippen LogP contribution is -2.42. The van der Waals surface area contributed by atoms with E-state index >= 15 is 0 Å². The number of guanidine groups is 1. The molecular weight excluding hydrogens is 465 g/mol. The minimum Gasteiger partial charge on any atom is -0.357 e. The summed E-state index contributed by atoms with van der Waals surface area (Å²) in [5, 5.41) is 6.26. The summed E-state index contributed by atoms with van der Waals surface area (Å²) < 4.78 is 0. The molecule has 2 N–H and O–H groups in total. The topological polar surface area (TPSA) is 60.0 Å². The predicted molar refractivity (Wildman–Crippen MR) is 127 cm³/mol. The normalized spacial score (nSPS) is 17.6. The average molecular weight is 501 g/mol. The fourth-order valence-electron chi connectivity index (χ4n) is 3.21. The molecule has 1 aliphatic rings. The van der Waals surface area contributed by atoms with Crippen LogP contribution in [0.5, 0.6) is 0 Å². The Hall–Kier alpha value is -1.35. The first-order valence-corrected chi connectivity index (χ1v) is 10.0. The minimum absolute atomic E-state index is 0. The number of hydrogen-bond acceptors (Lipinski definition) is 3. The third-order valence-electron chi connectivity index (χ3n) is 5.02. The van der Waals surface area contributed by atoms with Crippen molar-refractivity contribution in [2.75, 3.05) is 33.7 Å². The molecule has 1 aromatic rings. The second kappa shape index (κ2) is 13.0. The number of likely N-dealkylation sites (N-methyl/N-ethyl adjacent to an activating group) is 1. The summed E-state index contributed by atoms with van der Waals surface area (Å²) in [5.74, 6) is 0.691. The van der Waals surface area contributed by atoms with Crippen molar-refractivity contribution in [1.82, 2.24) is 20.4 Å². The molecule has 2 rings (SSSR count). The second-order valence-electron chi connectivity index (χ2n) is 7.47. The van der Waals surface area contributed by atoms with Gasteiger partial charge in [-0.1, -0.05) is 30.7 Å². The van der Waals surface area contributed by atoms with Gasteiger partial charge >= 0.3 is 0 Å². The van der Waals surface area contributed by atoms with Crippen LogP contribution in [0.25, 0.3) is 0 Å². The van der Waals surface area contributed by atoms with Gasteiger partial charge in [-0.15, -0.1) is 24.0 Å². The molecule has 28 heavy (non-hydrogen) atoms. The van der Waals surface area contributed by atoms with Crippen molar-refractivity contribution < 1.29 is 4.79 Å². The van der Waals surface area contributed by atoms with Crippen LogP contribution in [0, 0.1) is 0 Å². The molecule has 1 unspecified atom stereocenters. The molecule has 1 amide bonds. The van der Waals surface area contributed by atoms with Gasteiger partial charge in [-0.05, 0) is 44.4 Å². The van der Waals surface area contributed by atoms with Crippen LogP contribution < -0.4 is 10.6 Å². The fraction of sp³-hybridized carbons (Fsp3) is 0.619. The highest BCUT2D eigenvalue weighted by Crippen LogP contribution is 2.19. The number of likely N-dealkylation sites (tertiary alicyclic amines) is 1. The average Bonchev–Trinajstić information content (AvgIpc) is 2.66. The van der Waals surface area contributed by atoms with Crippen molar-refractivity contribution in [3.05, 3.63) is 35.4 Å².